The van der Waals surface area contributed by atoms with E-state index >= 15 is 0 Å². The van der Waals surface area contributed by atoms with E-state index in [2.05, 4.69) is 5.32 Å². The normalized spacial score (nSPS) is 10.9. The third-order valence-electron chi connectivity index (χ3n) is 4.44. The summed E-state index contributed by atoms with van der Waals surface area (Å²) in [7, 11) is 0. The molecule has 0 spiro atoms. The van der Waals surface area contributed by atoms with Crippen LogP contribution < -0.4 is 15.7 Å². The number of fused-ring (bicyclic) bond motifs is 1. The molecule has 0 radical (unpaired) electrons. The Morgan fingerprint density at radius 1 is 1.04 bits per heavy atom. The molecule has 0 bridgehead atoms. The first kappa shape index (κ1) is 19.7. The number of aromatic nitrogens is 2. The summed E-state index contributed by atoms with van der Waals surface area (Å²) in [6.45, 7) is 3.62. The van der Waals surface area contributed by atoms with E-state index in [1.807, 2.05) is 31.2 Å². The minimum atomic E-state index is -0.323. The molecule has 3 rings (SSSR count). The highest BCUT2D eigenvalue weighted by molar-refractivity contribution is 5.78. The first-order valence-corrected chi connectivity index (χ1v) is 9.43. The van der Waals surface area contributed by atoms with Crippen molar-refractivity contribution >= 4 is 16.9 Å². The van der Waals surface area contributed by atoms with E-state index in [-0.39, 0.29) is 30.4 Å². The molecule has 0 aliphatic heterocycles. The highest BCUT2D eigenvalue weighted by atomic mass is 19.1. The Kier molecular flexibility index (Phi) is 6.47. The van der Waals surface area contributed by atoms with Crippen molar-refractivity contribution in [1.82, 2.24) is 14.5 Å². The second-order valence-electron chi connectivity index (χ2n) is 6.48. The first-order valence-electron chi connectivity index (χ1n) is 9.43. The fourth-order valence-corrected chi connectivity index (χ4v) is 3.12. The number of halogens is 1. The summed E-state index contributed by atoms with van der Waals surface area (Å²) in [5, 5.41) is 2.77. The van der Waals surface area contributed by atoms with Crippen LogP contribution in [-0.2, 0) is 17.9 Å². The molecule has 6 nitrogen and oxygen atoms in total. The summed E-state index contributed by atoms with van der Waals surface area (Å²) in [6.07, 6.45) is 1.07. The highest BCUT2D eigenvalue weighted by Crippen LogP contribution is 2.13. The fourth-order valence-electron chi connectivity index (χ4n) is 3.12. The first-order chi connectivity index (χ1) is 13.6. The van der Waals surface area contributed by atoms with Crippen LogP contribution in [0.3, 0.4) is 0 Å². The number of para-hydroxylation sites is 2. The molecule has 1 amide bonds. The number of ether oxygens (including phenoxy) is 1. The van der Waals surface area contributed by atoms with Crippen molar-refractivity contribution < 1.29 is 13.9 Å². The molecule has 7 heteroatoms. The van der Waals surface area contributed by atoms with Crippen molar-refractivity contribution in [3.8, 4) is 5.75 Å². The van der Waals surface area contributed by atoms with Crippen LogP contribution in [0.25, 0.3) is 11.0 Å². The molecule has 0 fully saturated rings. The number of nitrogens with zero attached hydrogens (tertiary/aromatic N) is 2. The predicted octanol–water partition coefficient (Wildman–Crippen LogP) is 2.94. The lowest BCUT2D eigenvalue weighted by atomic mass is 10.3. The maximum atomic E-state index is 12.8. The molecule has 28 heavy (non-hydrogen) atoms. The standard InChI is InChI=1S/C21H24FN3O3/c1-2-13-24-18-5-3-4-6-19(18)25(21(24)27)14-11-20(26)23-12-15-28-17-9-7-16(22)8-10-17/h3-10H,2,11-15H2,1H3,(H,23,26). The Bertz CT molecular complexity index is 992. The number of carbonyl (C=O) groups is 1. The largest absolute Gasteiger partial charge is 0.492 e. The van der Waals surface area contributed by atoms with E-state index in [9.17, 15) is 14.0 Å². The van der Waals surface area contributed by atoms with Crippen molar-refractivity contribution in [2.75, 3.05) is 13.2 Å². The van der Waals surface area contributed by atoms with Crippen LogP contribution in [0.4, 0.5) is 4.39 Å². The maximum absolute atomic E-state index is 12.8. The van der Waals surface area contributed by atoms with Crippen molar-refractivity contribution in [1.29, 1.82) is 0 Å². The van der Waals surface area contributed by atoms with Gasteiger partial charge in [-0.2, -0.15) is 0 Å². The monoisotopic (exact) mass is 385 g/mol. The second kappa shape index (κ2) is 9.21. The molecule has 0 saturated heterocycles. The second-order valence-corrected chi connectivity index (χ2v) is 6.48. The minimum Gasteiger partial charge on any atom is -0.492 e. The van der Waals surface area contributed by atoms with Gasteiger partial charge in [0.1, 0.15) is 18.2 Å². The van der Waals surface area contributed by atoms with Gasteiger partial charge in [-0.15, -0.1) is 0 Å². The van der Waals surface area contributed by atoms with Crippen LogP contribution in [-0.4, -0.2) is 28.2 Å². The quantitative estimate of drug-likeness (QED) is 0.576. The number of nitrogens with one attached hydrogen (secondary N) is 1. The molecule has 3 aromatic rings. The van der Waals surface area contributed by atoms with Crippen LogP contribution in [0, 0.1) is 5.82 Å². The Labute approximate surface area is 162 Å². The maximum Gasteiger partial charge on any atom is 0.329 e. The number of hydrogen-bond acceptors (Lipinski definition) is 3. The van der Waals surface area contributed by atoms with Gasteiger partial charge in [0.2, 0.25) is 5.91 Å². The summed E-state index contributed by atoms with van der Waals surface area (Å²) in [4.78, 5) is 24.8. The average Bonchev–Trinajstić information content (AvgIpc) is 2.97. The number of hydrogen-bond donors (Lipinski definition) is 1. The van der Waals surface area contributed by atoms with Crippen LogP contribution in [0.5, 0.6) is 5.75 Å². The number of carbonyl (C=O) groups excluding carboxylic acids is 1. The van der Waals surface area contributed by atoms with E-state index < -0.39 is 0 Å². The predicted molar refractivity (Wildman–Crippen MR) is 106 cm³/mol. The fraction of sp³-hybridized carbons (Fsp3) is 0.333. The number of imidazole rings is 1. The van der Waals surface area contributed by atoms with Gasteiger partial charge in [-0.1, -0.05) is 19.1 Å². The summed E-state index contributed by atoms with van der Waals surface area (Å²) >= 11 is 0. The zero-order valence-electron chi connectivity index (χ0n) is 15.9. The van der Waals surface area contributed by atoms with Crippen LogP contribution in [0.15, 0.2) is 53.3 Å². The van der Waals surface area contributed by atoms with E-state index in [0.717, 1.165) is 17.5 Å². The van der Waals surface area contributed by atoms with Crippen molar-refractivity contribution in [3.63, 3.8) is 0 Å². The van der Waals surface area contributed by atoms with Gasteiger partial charge < -0.3 is 10.1 Å². The molecule has 1 heterocycles. The molecule has 0 atom stereocenters. The molecular formula is C21H24FN3O3. The number of rotatable bonds is 9. The summed E-state index contributed by atoms with van der Waals surface area (Å²) < 4.78 is 21.7. The van der Waals surface area contributed by atoms with E-state index in [1.54, 1.807) is 9.13 Å². The summed E-state index contributed by atoms with van der Waals surface area (Å²) in [5.41, 5.74) is 1.64. The third-order valence-corrected chi connectivity index (χ3v) is 4.44. The molecule has 148 valence electrons. The van der Waals surface area contributed by atoms with E-state index in [1.165, 1.54) is 24.3 Å². The van der Waals surface area contributed by atoms with Gasteiger partial charge in [-0.3, -0.25) is 13.9 Å². The number of benzene rings is 2. The van der Waals surface area contributed by atoms with Crippen molar-refractivity contribution in [3.05, 3.63) is 64.8 Å². The smallest absolute Gasteiger partial charge is 0.329 e. The van der Waals surface area contributed by atoms with Crippen molar-refractivity contribution in [2.45, 2.75) is 32.9 Å². The van der Waals surface area contributed by atoms with Gasteiger partial charge >= 0.3 is 5.69 Å². The molecule has 1 N–H and O–H groups in total. The lowest BCUT2D eigenvalue weighted by Gasteiger charge is -2.08. The van der Waals surface area contributed by atoms with Gasteiger partial charge in [-0.25, -0.2) is 9.18 Å². The molecule has 2 aromatic carbocycles. The molecule has 0 saturated carbocycles. The van der Waals surface area contributed by atoms with E-state index in [0.29, 0.717) is 25.4 Å². The third kappa shape index (κ3) is 4.60. The molecule has 1 aromatic heterocycles. The SMILES string of the molecule is CCCn1c(=O)n(CCC(=O)NCCOc2ccc(F)cc2)c2ccccc21. The molecule has 0 aliphatic carbocycles. The molecular weight excluding hydrogens is 361 g/mol. The number of amides is 1. The average molecular weight is 385 g/mol. The minimum absolute atomic E-state index is 0.0875. The van der Waals surface area contributed by atoms with Crippen LogP contribution >= 0.6 is 0 Å². The molecule has 0 aliphatic rings. The van der Waals surface area contributed by atoms with Crippen LogP contribution in [0.2, 0.25) is 0 Å². The highest BCUT2D eigenvalue weighted by Gasteiger charge is 2.13. The van der Waals surface area contributed by atoms with Gasteiger partial charge in [0.15, 0.2) is 0 Å². The Hall–Kier alpha value is -3.09. The zero-order valence-corrected chi connectivity index (χ0v) is 15.9. The lowest BCUT2D eigenvalue weighted by Crippen LogP contribution is -2.31. The van der Waals surface area contributed by atoms with Gasteiger partial charge in [0.25, 0.3) is 0 Å². The van der Waals surface area contributed by atoms with Crippen molar-refractivity contribution in [2.24, 2.45) is 0 Å². The van der Waals surface area contributed by atoms with Gasteiger partial charge in [-0.05, 0) is 42.8 Å². The van der Waals surface area contributed by atoms with Gasteiger partial charge in [0, 0.05) is 19.5 Å². The Morgan fingerprint density at radius 2 is 1.68 bits per heavy atom. The summed E-state index contributed by atoms with van der Waals surface area (Å²) in [5.74, 6) is 0.0732. The topological polar surface area (TPSA) is 65.3 Å². The molecule has 0 unspecified atom stereocenters. The van der Waals surface area contributed by atoms with Gasteiger partial charge in [0.05, 0.1) is 17.6 Å². The summed E-state index contributed by atoms with van der Waals surface area (Å²) in [6, 6.07) is 13.3. The Morgan fingerprint density at radius 3 is 2.32 bits per heavy atom. The zero-order chi connectivity index (χ0) is 19.9. The van der Waals surface area contributed by atoms with Crippen LogP contribution in [0.1, 0.15) is 19.8 Å². The lowest BCUT2D eigenvalue weighted by molar-refractivity contribution is -0.121. The van der Waals surface area contributed by atoms with E-state index in [4.69, 9.17) is 4.74 Å². The Balaban J connectivity index is 1.52. The number of aryl methyl sites for hydroxylation is 2.